The second-order valence-electron chi connectivity index (χ2n) is 7.45. The summed E-state index contributed by atoms with van der Waals surface area (Å²) in [5, 5.41) is 22.9. The maximum atomic E-state index is 10.7. The first-order chi connectivity index (χ1) is 14.1. The van der Waals surface area contributed by atoms with Crippen molar-refractivity contribution in [2.24, 2.45) is 0 Å². The number of amidine groups is 1. The minimum absolute atomic E-state index is 0.128. The molecule has 5 rings (SSSR count). The molecule has 1 atom stereocenters. The monoisotopic (exact) mass is 421 g/mol. The Morgan fingerprint density at radius 1 is 1.14 bits per heavy atom. The molecule has 1 aliphatic carbocycles. The Balaban J connectivity index is 1.44. The summed E-state index contributed by atoms with van der Waals surface area (Å²) in [4.78, 5) is 6.73. The van der Waals surface area contributed by atoms with Crippen LogP contribution in [0.2, 0.25) is 5.02 Å². The van der Waals surface area contributed by atoms with Crippen LogP contribution in [0.1, 0.15) is 35.0 Å². The van der Waals surface area contributed by atoms with E-state index in [0.717, 1.165) is 30.5 Å². The largest absolute Gasteiger partial charge is 0.510 e. The van der Waals surface area contributed by atoms with Gasteiger partial charge >= 0.3 is 0 Å². The molecule has 146 valence electrons. The van der Waals surface area contributed by atoms with Gasteiger partial charge in [-0.25, -0.2) is 4.98 Å². The third-order valence-electron chi connectivity index (χ3n) is 5.70. The first kappa shape index (κ1) is 18.4. The van der Waals surface area contributed by atoms with E-state index in [-0.39, 0.29) is 11.8 Å². The number of hydrogen-bond acceptors (Lipinski definition) is 4. The molecule has 2 N–H and O–H groups in total. The number of aliphatic hydroxyl groups excluding tert-OH is 1. The lowest BCUT2D eigenvalue weighted by atomic mass is 9.87. The van der Waals surface area contributed by atoms with E-state index >= 15 is 0 Å². The fourth-order valence-corrected chi connectivity index (χ4v) is 5.31. The molecule has 0 fully saturated rings. The van der Waals surface area contributed by atoms with Gasteiger partial charge in [0.1, 0.15) is 16.6 Å². The van der Waals surface area contributed by atoms with Gasteiger partial charge in [0.15, 0.2) is 0 Å². The zero-order valence-corrected chi connectivity index (χ0v) is 17.3. The van der Waals surface area contributed by atoms with Crippen LogP contribution in [0.3, 0.4) is 0 Å². The second kappa shape index (κ2) is 7.32. The van der Waals surface area contributed by atoms with Crippen LogP contribution in [0.4, 0.5) is 0 Å². The van der Waals surface area contributed by atoms with Crippen LogP contribution in [0.15, 0.2) is 59.7 Å². The van der Waals surface area contributed by atoms with Crippen LogP contribution in [0.25, 0.3) is 16.8 Å². The molecule has 0 saturated carbocycles. The number of hydrogen-bond donors (Lipinski definition) is 2. The topological polar surface area (TPSA) is 60.2 Å². The molecule has 2 heterocycles. The zero-order chi connectivity index (χ0) is 20.0. The molecule has 2 aromatic carbocycles. The molecule has 0 radical (unpaired) electrons. The Morgan fingerprint density at radius 2 is 1.93 bits per heavy atom. The predicted molar refractivity (Wildman–Crippen MR) is 119 cm³/mol. The first-order valence-corrected chi connectivity index (χ1v) is 10.9. The standard InChI is InChI=1S/C23H20ClN3OS/c24-16-10-8-15(9-11-16)18-13-29-23(26-18)21-20(28)12-27(22(21)25)19-7-3-5-14-4-1-2-6-17(14)19/h1-2,4,6,8-11,13,19,25,28H,3,5,7,12H2. The van der Waals surface area contributed by atoms with Crippen LogP contribution in [0, 0.1) is 5.41 Å². The number of nitrogens with zero attached hydrogens (tertiary/aromatic N) is 2. The van der Waals surface area contributed by atoms with E-state index < -0.39 is 0 Å². The molecule has 3 aromatic rings. The summed E-state index contributed by atoms with van der Waals surface area (Å²) in [5.74, 6) is 0.594. The highest BCUT2D eigenvalue weighted by atomic mass is 35.5. The Labute approximate surface area is 178 Å². The van der Waals surface area contributed by atoms with Gasteiger partial charge in [-0.3, -0.25) is 5.41 Å². The van der Waals surface area contributed by atoms with E-state index in [1.165, 1.54) is 22.5 Å². The van der Waals surface area contributed by atoms with Gasteiger partial charge in [-0.05, 0) is 42.5 Å². The fraction of sp³-hybridized carbons (Fsp3) is 0.217. The van der Waals surface area contributed by atoms with Gasteiger partial charge in [-0.2, -0.15) is 0 Å². The highest BCUT2D eigenvalue weighted by Gasteiger charge is 2.36. The average Bonchev–Trinajstić information content (AvgIpc) is 3.32. The molecule has 0 amide bonds. The summed E-state index contributed by atoms with van der Waals surface area (Å²) >= 11 is 7.44. The SMILES string of the molecule is N=C1C(c2nc(-c3ccc(Cl)cc3)cs2)=C(O)CN1C1CCCc2ccccc21. The van der Waals surface area contributed by atoms with E-state index in [1.54, 1.807) is 0 Å². The summed E-state index contributed by atoms with van der Waals surface area (Å²) in [6.45, 7) is 0.364. The third kappa shape index (κ3) is 3.24. The molecule has 4 nitrogen and oxygen atoms in total. The molecular formula is C23H20ClN3OS. The summed E-state index contributed by atoms with van der Waals surface area (Å²) in [6, 6.07) is 16.1. The Morgan fingerprint density at radius 3 is 2.76 bits per heavy atom. The molecule has 1 aromatic heterocycles. The number of aliphatic hydroxyl groups is 1. The lowest BCUT2D eigenvalue weighted by molar-refractivity contribution is 0.274. The summed E-state index contributed by atoms with van der Waals surface area (Å²) < 4.78 is 0. The van der Waals surface area contributed by atoms with Gasteiger partial charge in [0.05, 0.1) is 23.9 Å². The number of aryl methyl sites for hydroxylation is 1. The number of nitrogens with one attached hydrogen (secondary N) is 1. The minimum Gasteiger partial charge on any atom is -0.510 e. The van der Waals surface area contributed by atoms with Crippen LogP contribution in [0.5, 0.6) is 0 Å². The van der Waals surface area contributed by atoms with Crippen molar-refractivity contribution in [3.05, 3.63) is 80.8 Å². The summed E-state index contributed by atoms with van der Waals surface area (Å²) in [7, 11) is 0. The van der Waals surface area contributed by atoms with Crippen molar-refractivity contribution in [2.75, 3.05) is 6.54 Å². The molecule has 1 aliphatic heterocycles. The zero-order valence-electron chi connectivity index (χ0n) is 15.7. The van der Waals surface area contributed by atoms with Crippen molar-refractivity contribution in [1.29, 1.82) is 5.41 Å². The third-order valence-corrected chi connectivity index (χ3v) is 6.82. The molecule has 0 spiro atoms. The summed E-state index contributed by atoms with van der Waals surface area (Å²) in [5.41, 5.74) is 4.98. The first-order valence-electron chi connectivity index (χ1n) is 9.69. The lowest BCUT2D eigenvalue weighted by Gasteiger charge is -2.34. The van der Waals surface area contributed by atoms with E-state index in [9.17, 15) is 5.11 Å². The van der Waals surface area contributed by atoms with Crippen molar-refractivity contribution >= 4 is 34.3 Å². The van der Waals surface area contributed by atoms with Gasteiger partial charge in [0.2, 0.25) is 0 Å². The van der Waals surface area contributed by atoms with Gasteiger partial charge in [0.25, 0.3) is 0 Å². The minimum atomic E-state index is 0.128. The van der Waals surface area contributed by atoms with E-state index in [1.807, 2.05) is 34.5 Å². The average molecular weight is 422 g/mol. The molecule has 1 unspecified atom stereocenters. The van der Waals surface area contributed by atoms with Gasteiger partial charge in [-0.1, -0.05) is 48.0 Å². The lowest BCUT2D eigenvalue weighted by Crippen LogP contribution is -2.33. The maximum absolute atomic E-state index is 10.7. The van der Waals surface area contributed by atoms with Crippen molar-refractivity contribution in [3.63, 3.8) is 0 Å². The molecule has 0 bridgehead atoms. The van der Waals surface area contributed by atoms with Crippen molar-refractivity contribution in [3.8, 4) is 11.3 Å². The second-order valence-corrected chi connectivity index (χ2v) is 8.74. The van der Waals surface area contributed by atoms with Gasteiger partial charge in [0, 0.05) is 16.0 Å². The number of thiazole rings is 1. The Kier molecular flexibility index (Phi) is 4.64. The molecule has 6 heteroatoms. The van der Waals surface area contributed by atoms with Crippen molar-refractivity contribution < 1.29 is 5.11 Å². The highest BCUT2D eigenvalue weighted by Crippen LogP contribution is 2.40. The number of aromatic nitrogens is 1. The smallest absolute Gasteiger partial charge is 0.135 e. The van der Waals surface area contributed by atoms with E-state index in [0.29, 0.717) is 28.0 Å². The maximum Gasteiger partial charge on any atom is 0.135 e. The van der Waals surface area contributed by atoms with Crippen LogP contribution in [-0.4, -0.2) is 27.4 Å². The van der Waals surface area contributed by atoms with Crippen molar-refractivity contribution in [2.45, 2.75) is 25.3 Å². The fourth-order valence-electron chi connectivity index (χ4n) is 4.28. The van der Waals surface area contributed by atoms with Gasteiger partial charge < -0.3 is 10.0 Å². The molecule has 0 saturated heterocycles. The number of halogens is 1. The quantitative estimate of drug-likeness (QED) is 0.536. The van der Waals surface area contributed by atoms with E-state index in [2.05, 4.69) is 24.3 Å². The highest BCUT2D eigenvalue weighted by molar-refractivity contribution is 7.11. The normalized spacial score (nSPS) is 19.0. The van der Waals surface area contributed by atoms with Crippen molar-refractivity contribution in [1.82, 2.24) is 9.88 Å². The Hall–Kier alpha value is -2.63. The number of rotatable bonds is 3. The number of fused-ring (bicyclic) bond motifs is 1. The summed E-state index contributed by atoms with van der Waals surface area (Å²) in [6.07, 6.45) is 3.17. The molecule has 2 aliphatic rings. The van der Waals surface area contributed by atoms with Gasteiger partial charge in [-0.15, -0.1) is 11.3 Å². The number of benzene rings is 2. The predicted octanol–water partition coefficient (Wildman–Crippen LogP) is 6.10. The van der Waals surface area contributed by atoms with Crippen LogP contribution >= 0.6 is 22.9 Å². The molecule has 29 heavy (non-hydrogen) atoms. The molecular weight excluding hydrogens is 402 g/mol. The Bertz CT molecular complexity index is 1120. The van der Waals surface area contributed by atoms with Crippen LogP contribution < -0.4 is 0 Å². The van der Waals surface area contributed by atoms with Crippen LogP contribution in [-0.2, 0) is 6.42 Å². The van der Waals surface area contributed by atoms with E-state index in [4.69, 9.17) is 22.0 Å².